The van der Waals surface area contributed by atoms with E-state index in [1.54, 1.807) is 6.20 Å². The van der Waals surface area contributed by atoms with Gasteiger partial charge < -0.3 is 25.2 Å². The Morgan fingerprint density at radius 1 is 1.25 bits per heavy atom. The summed E-state index contributed by atoms with van der Waals surface area (Å²) in [6.07, 6.45) is 8.20. The molecule has 6 rings (SSSR count). The number of amides is 1. The van der Waals surface area contributed by atoms with Crippen LogP contribution in [0.5, 0.6) is 0 Å². The SMILES string of the molecule is Cc1ncccc1NC(=O)C1=CCC2C1(C)CCC1(Cl)C=C3C(O)C(O)C(N(C)C)CC34CCC21O4. The van der Waals surface area contributed by atoms with Crippen molar-refractivity contribution in [2.24, 2.45) is 11.3 Å². The van der Waals surface area contributed by atoms with Gasteiger partial charge in [-0.05, 0) is 77.2 Å². The Hall–Kier alpha value is -1.77. The molecule has 2 bridgehead atoms. The number of aliphatic hydroxyl groups excluding tert-OH is 2. The molecule has 3 N–H and O–H groups in total. The molecule has 2 saturated carbocycles. The maximum absolute atomic E-state index is 13.5. The standard InChI is InChI=1S/C28H36ClN3O4/c1-16-19(6-5-13-30-16)31-24(35)17-7-8-21-25(17,2)9-11-27(29)14-18-22(33)23(34)20(32(3)4)15-26(18)10-12-28(21,27)36-26/h5-7,13-14,20-23,33-34H,8-12,15H2,1-4H3,(H,31,35). The van der Waals surface area contributed by atoms with E-state index in [9.17, 15) is 15.0 Å². The van der Waals surface area contributed by atoms with Crippen LogP contribution in [0.3, 0.4) is 0 Å². The van der Waals surface area contributed by atoms with Gasteiger partial charge in [0, 0.05) is 29.1 Å². The molecule has 3 heterocycles. The molecule has 3 aliphatic carbocycles. The zero-order valence-corrected chi connectivity index (χ0v) is 22.2. The second-order valence-corrected chi connectivity index (χ2v) is 12.7. The van der Waals surface area contributed by atoms with Gasteiger partial charge in [-0.3, -0.25) is 9.78 Å². The molecule has 3 fully saturated rings. The Morgan fingerprint density at radius 2 is 2.03 bits per heavy atom. The fourth-order valence-corrected chi connectivity index (χ4v) is 8.62. The number of aromatic nitrogens is 1. The second kappa shape index (κ2) is 7.87. The molecule has 2 aliphatic heterocycles. The minimum Gasteiger partial charge on any atom is -0.388 e. The highest BCUT2D eigenvalue weighted by molar-refractivity contribution is 6.26. The molecule has 5 aliphatic rings. The van der Waals surface area contributed by atoms with E-state index in [4.69, 9.17) is 16.3 Å². The first-order valence-corrected chi connectivity index (χ1v) is 13.4. The molecular formula is C28H36ClN3O4. The number of carbonyl (C=O) groups is 1. The number of allylic oxidation sites excluding steroid dienone is 1. The Balaban J connectivity index is 1.35. The van der Waals surface area contributed by atoms with Crippen molar-refractivity contribution in [3.8, 4) is 0 Å². The minimum atomic E-state index is -1.00. The predicted octanol–water partition coefficient (Wildman–Crippen LogP) is 3.34. The van der Waals surface area contributed by atoms with Gasteiger partial charge in [0.25, 0.3) is 5.91 Å². The van der Waals surface area contributed by atoms with E-state index in [1.807, 2.05) is 44.1 Å². The Morgan fingerprint density at radius 3 is 2.75 bits per heavy atom. The summed E-state index contributed by atoms with van der Waals surface area (Å²) in [7, 11) is 3.86. The number of hydrogen-bond donors (Lipinski definition) is 3. The Bertz CT molecular complexity index is 1190. The maximum atomic E-state index is 13.5. The molecule has 0 aromatic carbocycles. The summed E-state index contributed by atoms with van der Waals surface area (Å²) in [5.74, 6) is -0.0378. The number of nitrogens with one attached hydrogen (secondary N) is 1. The number of rotatable bonds is 3. The van der Waals surface area contributed by atoms with Gasteiger partial charge in [0.1, 0.15) is 6.10 Å². The fraction of sp³-hybridized carbons (Fsp3) is 0.643. The van der Waals surface area contributed by atoms with Gasteiger partial charge in [-0.25, -0.2) is 0 Å². The molecule has 194 valence electrons. The van der Waals surface area contributed by atoms with Crippen molar-refractivity contribution in [2.45, 2.75) is 86.7 Å². The number of carbonyl (C=O) groups excluding carboxylic acids is 1. The van der Waals surface area contributed by atoms with Crippen LogP contribution in [0.1, 0.15) is 51.1 Å². The number of alkyl halides is 1. The van der Waals surface area contributed by atoms with Crippen LogP contribution in [0.15, 0.2) is 41.6 Å². The van der Waals surface area contributed by atoms with Crippen molar-refractivity contribution >= 4 is 23.2 Å². The average Bonchev–Trinajstić information content (AvgIpc) is 3.36. The molecule has 1 amide bonds. The van der Waals surface area contributed by atoms with Gasteiger partial charge in [-0.2, -0.15) is 0 Å². The summed E-state index contributed by atoms with van der Waals surface area (Å²) >= 11 is 7.46. The normalized spacial score (nSPS) is 44.9. The number of hydrogen-bond acceptors (Lipinski definition) is 6. The smallest absolute Gasteiger partial charge is 0.251 e. The molecule has 7 nitrogen and oxygen atoms in total. The fourth-order valence-electron chi connectivity index (χ4n) is 8.14. The molecular weight excluding hydrogens is 478 g/mol. The van der Waals surface area contributed by atoms with Crippen LogP contribution in [0.4, 0.5) is 5.69 Å². The van der Waals surface area contributed by atoms with E-state index in [-0.39, 0.29) is 23.3 Å². The van der Waals surface area contributed by atoms with Crippen molar-refractivity contribution in [1.82, 2.24) is 9.88 Å². The molecule has 0 radical (unpaired) electrons. The van der Waals surface area contributed by atoms with E-state index < -0.39 is 28.3 Å². The number of aryl methyl sites for hydroxylation is 1. The van der Waals surface area contributed by atoms with E-state index in [0.29, 0.717) is 12.8 Å². The number of ether oxygens (including phenoxy) is 1. The van der Waals surface area contributed by atoms with E-state index >= 15 is 0 Å². The Kier molecular flexibility index (Phi) is 5.37. The zero-order chi connectivity index (χ0) is 25.7. The summed E-state index contributed by atoms with van der Waals surface area (Å²) in [6, 6.07) is 3.49. The first-order valence-electron chi connectivity index (χ1n) is 13.0. The van der Waals surface area contributed by atoms with Crippen LogP contribution in [0.2, 0.25) is 0 Å². The summed E-state index contributed by atoms with van der Waals surface area (Å²) in [5.41, 5.74) is 1.41. The van der Waals surface area contributed by atoms with Crippen molar-refractivity contribution in [2.75, 3.05) is 19.4 Å². The van der Waals surface area contributed by atoms with Gasteiger partial charge in [-0.15, -0.1) is 11.6 Å². The number of aliphatic hydroxyl groups is 2. The van der Waals surface area contributed by atoms with Crippen LogP contribution < -0.4 is 5.32 Å². The summed E-state index contributed by atoms with van der Waals surface area (Å²) in [6.45, 7) is 4.08. The molecule has 8 atom stereocenters. The molecule has 1 aromatic heterocycles. The van der Waals surface area contributed by atoms with Crippen LogP contribution in [-0.2, 0) is 9.53 Å². The van der Waals surface area contributed by atoms with E-state index in [1.165, 1.54) is 0 Å². The summed E-state index contributed by atoms with van der Waals surface area (Å²) in [5, 5.41) is 25.1. The number of likely N-dealkylation sites (N-methyl/N-ethyl adjacent to an activating group) is 1. The van der Waals surface area contributed by atoms with Crippen molar-refractivity contribution in [3.05, 3.63) is 47.3 Å². The molecule has 1 aromatic rings. The number of pyridine rings is 1. The van der Waals surface area contributed by atoms with Gasteiger partial charge in [0.15, 0.2) is 0 Å². The van der Waals surface area contributed by atoms with Crippen molar-refractivity contribution in [3.63, 3.8) is 0 Å². The van der Waals surface area contributed by atoms with Gasteiger partial charge in [0.05, 0.1) is 33.6 Å². The number of anilines is 1. The topological polar surface area (TPSA) is 94.9 Å². The Labute approximate surface area is 217 Å². The average molecular weight is 514 g/mol. The lowest BCUT2D eigenvalue weighted by Crippen LogP contribution is -2.68. The van der Waals surface area contributed by atoms with Crippen LogP contribution in [0, 0.1) is 18.3 Å². The third-order valence-corrected chi connectivity index (χ3v) is 10.8. The van der Waals surface area contributed by atoms with Crippen LogP contribution in [0.25, 0.3) is 0 Å². The molecule has 8 unspecified atom stereocenters. The quantitative estimate of drug-likeness (QED) is 0.424. The molecule has 2 spiro atoms. The van der Waals surface area contributed by atoms with Crippen LogP contribution >= 0.6 is 11.6 Å². The zero-order valence-electron chi connectivity index (χ0n) is 21.4. The molecule has 8 heteroatoms. The lowest BCUT2D eigenvalue weighted by molar-refractivity contribution is -0.201. The number of fused-ring (bicyclic) bond motifs is 1. The molecule has 36 heavy (non-hydrogen) atoms. The van der Waals surface area contributed by atoms with Crippen molar-refractivity contribution < 1.29 is 19.7 Å². The highest BCUT2D eigenvalue weighted by Gasteiger charge is 2.74. The predicted molar refractivity (Wildman–Crippen MR) is 138 cm³/mol. The highest BCUT2D eigenvalue weighted by Crippen LogP contribution is 2.70. The summed E-state index contributed by atoms with van der Waals surface area (Å²) < 4.78 is 7.15. The number of nitrogens with zero attached hydrogens (tertiary/aromatic N) is 2. The lowest BCUT2D eigenvalue weighted by atomic mass is 9.54. The summed E-state index contributed by atoms with van der Waals surface area (Å²) in [4.78, 5) is 19.0. The maximum Gasteiger partial charge on any atom is 0.251 e. The lowest BCUT2D eigenvalue weighted by Gasteiger charge is -2.61. The molecule has 1 saturated heterocycles. The van der Waals surface area contributed by atoms with E-state index in [0.717, 1.165) is 48.2 Å². The third kappa shape index (κ3) is 3.07. The van der Waals surface area contributed by atoms with E-state index in [2.05, 4.69) is 23.3 Å². The van der Waals surface area contributed by atoms with Crippen molar-refractivity contribution in [1.29, 1.82) is 0 Å². The first-order chi connectivity index (χ1) is 17.0. The largest absolute Gasteiger partial charge is 0.388 e. The minimum absolute atomic E-state index is 0.0472. The second-order valence-electron chi connectivity index (χ2n) is 12.0. The van der Waals surface area contributed by atoms with Gasteiger partial charge in [0.2, 0.25) is 0 Å². The number of halogens is 1. The highest BCUT2D eigenvalue weighted by atomic mass is 35.5. The first kappa shape index (κ1) is 24.6. The van der Waals surface area contributed by atoms with Gasteiger partial charge >= 0.3 is 0 Å². The monoisotopic (exact) mass is 513 g/mol. The van der Waals surface area contributed by atoms with Gasteiger partial charge in [-0.1, -0.05) is 19.1 Å². The van der Waals surface area contributed by atoms with Crippen LogP contribution in [-0.4, -0.2) is 74.4 Å². The third-order valence-electron chi connectivity index (χ3n) is 10.1.